The van der Waals surface area contributed by atoms with Crippen LogP contribution in [0.3, 0.4) is 0 Å². The molecular weight excluding hydrogens is 416 g/mol. The minimum atomic E-state index is -2.96. The van der Waals surface area contributed by atoms with Crippen molar-refractivity contribution in [2.24, 2.45) is 0 Å². The van der Waals surface area contributed by atoms with Crippen LogP contribution in [0.2, 0.25) is 0 Å². The van der Waals surface area contributed by atoms with Crippen LogP contribution in [0.25, 0.3) is 11.3 Å². The molecule has 154 valence electrons. The number of benzene rings is 2. The molecule has 0 radical (unpaired) electrons. The third-order valence-corrected chi connectivity index (χ3v) is 5.00. The van der Waals surface area contributed by atoms with Gasteiger partial charge in [0, 0.05) is 10.9 Å². The van der Waals surface area contributed by atoms with Gasteiger partial charge < -0.3 is 14.8 Å². The number of carbonyl (C=O) groups excluding carboxylic acids is 2. The van der Waals surface area contributed by atoms with E-state index in [2.05, 4.69) is 15.0 Å². The van der Waals surface area contributed by atoms with Crippen molar-refractivity contribution in [1.29, 1.82) is 0 Å². The van der Waals surface area contributed by atoms with E-state index in [0.29, 0.717) is 22.7 Å². The van der Waals surface area contributed by atoms with Crippen molar-refractivity contribution in [3.63, 3.8) is 0 Å². The molecule has 30 heavy (non-hydrogen) atoms. The Hall–Kier alpha value is -3.53. The maximum Gasteiger partial charge on any atom is 0.387 e. The van der Waals surface area contributed by atoms with Gasteiger partial charge >= 0.3 is 6.61 Å². The smallest absolute Gasteiger partial charge is 0.387 e. The van der Waals surface area contributed by atoms with Crippen LogP contribution in [0.1, 0.15) is 0 Å². The standard InChI is InChI=1S/C20H15F2N3O4S/c21-19(22)29-15-7-3-1-5-12(15)13-11-30-20(23-13)24-17(26)9-25-14-6-2-4-8-16(14)28-10-18(25)27/h1-8,11,19H,9-10H2,(H,23,24,26). The number of nitrogens with zero attached hydrogens (tertiary/aromatic N) is 2. The Morgan fingerprint density at radius 2 is 2.00 bits per heavy atom. The van der Waals surface area contributed by atoms with E-state index >= 15 is 0 Å². The number of nitrogens with one attached hydrogen (secondary N) is 1. The number of halogens is 2. The summed E-state index contributed by atoms with van der Waals surface area (Å²) < 4.78 is 35.1. The number of hydrogen-bond acceptors (Lipinski definition) is 6. The highest BCUT2D eigenvalue weighted by atomic mass is 32.1. The molecule has 4 rings (SSSR count). The fraction of sp³-hybridized carbons (Fsp3) is 0.150. The second-order valence-electron chi connectivity index (χ2n) is 6.20. The second-order valence-corrected chi connectivity index (χ2v) is 7.06. The lowest BCUT2D eigenvalue weighted by Gasteiger charge is -2.28. The molecule has 1 aliphatic rings. The van der Waals surface area contributed by atoms with Crippen LogP contribution in [-0.2, 0) is 9.59 Å². The molecule has 0 atom stereocenters. The Bertz CT molecular complexity index is 1090. The fourth-order valence-corrected chi connectivity index (χ4v) is 3.69. The summed E-state index contributed by atoms with van der Waals surface area (Å²) in [7, 11) is 0. The first-order valence-corrected chi connectivity index (χ1v) is 9.71. The van der Waals surface area contributed by atoms with E-state index in [0.717, 1.165) is 11.3 Å². The Labute approximate surface area is 173 Å². The quantitative estimate of drug-likeness (QED) is 0.643. The second kappa shape index (κ2) is 8.46. The topological polar surface area (TPSA) is 80.8 Å². The van der Waals surface area contributed by atoms with Gasteiger partial charge in [0.2, 0.25) is 5.91 Å². The van der Waals surface area contributed by atoms with Gasteiger partial charge in [0.05, 0.1) is 11.4 Å². The number of amides is 2. The van der Waals surface area contributed by atoms with E-state index in [1.165, 1.54) is 11.0 Å². The summed E-state index contributed by atoms with van der Waals surface area (Å²) in [5.41, 5.74) is 1.29. The van der Waals surface area contributed by atoms with Gasteiger partial charge in [-0.25, -0.2) is 4.98 Å². The highest BCUT2D eigenvalue weighted by Gasteiger charge is 2.27. The normalized spacial score (nSPS) is 13.0. The molecule has 1 N–H and O–H groups in total. The van der Waals surface area contributed by atoms with Crippen LogP contribution in [-0.4, -0.2) is 36.6 Å². The van der Waals surface area contributed by atoms with Crippen LogP contribution in [0.15, 0.2) is 53.9 Å². The number of aromatic nitrogens is 1. The van der Waals surface area contributed by atoms with Gasteiger partial charge in [-0.05, 0) is 24.3 Å². The zero-order valence-electron chi connectivity index (χ0n) is 15.4. The Kier molecular flexibility index (Phi) is 5.57. The third kappa shape index (κ3) is 4.23. The Morgan fingerprint density at radius 3 is 2.83 bits per heavy atom. The van der Waals surface area contributed by atoms with Crippen molar-refractivity contribution < 1.29 is 27.8 Å². The van der Waals surface area contributed by atoms with Crippen LogP contribution >= 0.6 is 11.3 Å². The molecule has 0 saturated carbocycles. The number of thiazole rings is 1. The largest absolute Gasteiger partial charge is 0.482 e. The van der Waals surface area contributed by atoms with E-state index in [1.54, 1.807) is 47.8 Å². The predicted molar refractivity (Wildman–Crippen MR) is 107 cm³/mol. The Morgan fingerprint density at radius 1 is 1.23 bits per heavy atom. The van der Waals surface area contributed by atoms with Gasteiger partial charge in [-0.1, -0.05) is 24.3 Å². The molecule has 2 aromatic carbocycles. The third-order valence-electron chi connectivity index (χ3n) is 4.24. The molecule has 7 nitrogen and oxygen atoms in total. The van der Waals surface area contributed by atoms with Crippen molar-refractivity contribution in [3.05, 3.63) is 53.9 Å². The van der Waals surface area contributed by atoms with Gasteiger partial charge in [-0.15, -0.1) is 11.3 Å². The summed E-state index contributed by atoms with van der Waals surface area (Å²) in [6.07, 6.45) is 0. The molecule has 0 bridgehead atoms. The van der Waals surface area contributed by atoms with E-state index < -0.39 is 12.5 Å². The van der Waals surface area contributed by atoms with Gasteiger partial charge in [0.25, 0.3) is 5.91 Å². The number of carbonyl (C=O) groups is 2. The molecule has 2 amide bonds. The van der Waals surface area contributed by atoms with Crippen molar-refractivity contribution in [1.82, 2.24) is 4.98 Å². The van der Waals surface area contributed by atoms with E-state index in [-0.39, 0.29) is 29.9 Å². The first-order chi connectivity index (χ1) is 14.5. The number of alkyl halides is 2. The first-order valence-electron chi connectivity index (χ1n) is 8.83. The molecule has 0 unspecified atom stereocenters. The number of anilines is 2. The monoisotopic (exact) mass is 431 g/mol. The van der Waals surface area contributed by atoms with Crippen LogP contribution < -0.4 is 19.7 Å². The van der Waals surface area contributed by atoms with Crippen LogP contribution in [0.5, 0.6) is 11.5 Å². The number of rotatable bonds is 6. The minimum absolute atomic E-state index is 0.00815. The molecule has 0 aliphatic carbocycles. The van der Waals surface area contributed by atoms with Gasteiger partial charge in [0.15, 0.2) is 11.7 Å². The highest BCUT2D eigenvalue weighted by Crippen LogP contribution is 2.34. The number of fused-ring (bicyclic) bond motifs is 1. The summed E-state index contributed by atoms with van der Waals surface area (Å²) in [6.45, 7) is -3.32. The number of ether oxygens (including phenoxy) is 2. The summed E-state index contributed by atoms with van der Waals surface area (Å²) in [5, 5.41) is 4.53. The molecule has 0 fully saturated rings. The first kappa shape index (κ1) is 19.8. The molecule has 2 heterocycles. The zero-order valence-corrected chi connectivity index (χ0v) is 16.2. The predicted octanol–water partition coefficient (Wildman–Crippen LogP) is 3.78. The van der Waals surface area contributed by atoms with Crippen LogP contribution in [0.4, 0.5) is 19.6 Å². The van der Waals surface area contributed by atoms with E-state index in [9.17, 15) is 18.4 Å². The molecule has 10 heteroatoms. The maximum absolute atomic E-state index is 12.6. The summed E-state index contributed by atoms with van der Waals surface area (Å²) in [5.74, 6) is -0.261. The summed E-state index contributed by atoms with van der Waals surface area (Å²) in [6, 6.07) is 13.2. The molecule has 1 aliphatic heterocycles. The lowest BCUT2D eigenvalue weighted by atomic mass is 10.1. The minimum Gasteiger partial charge on any atom is -0.482 e. The van der Waals surface area contributed by atoms with Crippen LogP contribution in [0, 0.1) is 0 Å². The highest BCUT2D eigenvalue weighted by molar-refractivity contribution is 7.14. The maximum atomic E-state index is 12.6. The Balaban J connectivity index is 1.47. The van der Waals surface area contributed by atoms with Crippen molar-refractivity contribution >= 4 is 34.0 Å². The molecule has 3 aromatic rings. The molecular formula is C20H15F2N3O4S. The van der Waals surface area contributed by atoms with Gasteiger partial charge in [-0.3, -0.25) is 14.5 Å². The number of para-hydroxylation sites is 3. The van der Waals surface area contributed by atoms with Crippen molar-refractivity contribution in [2.45, 2.75) is 6.61 Å². The lowest BCUT2D eigenvalue weighted by molar-refractivity contribution is -0.123. The molecule has 1 aromatic heterocycles. The number of hydrogen-bond donors (Lipinski definition) is 1. The van der Waals surface area contributed by atoms with Gasteiger partial charge in [-0.2, -0.15) is 8.78 Å². The zero-order chi connectivity index (χ0) is 21.1. The molecule has 0 saturated heterocycles. The van der Waals surface area contributed by atoms with Crippen molar-refractivity contribution in [3.8, 4) is 22.8 Å². The van der Waals surface area contributed by atoms with Gasteiger partial charge in [0.1, 0.15) is 18.0 Å². The average Bonchev–Trinajstić information content (AvgIpc) is 3.18. The lowest BCUT2D eigenvalue weighted by Crippen LogP contribution is -2.43. The molecule has 0 spiro atoms. The summed E-state index contributed by atoms with van der Waals surface area (Å²) >= 11 is 1.13. The summed E-state index contributed by atoms with van der Waals surface area (Å²) in [4.78, 5) is 30.3. The fourth-order valence-electron chi connectivity index (χ4n) is 2.96. The average molecular weight is 431 g/mol. The van der Waals surface area contributed by atoms with Crippen molar-refractivity contribution in [2.75, 3.05) is 23.4 Å². The van der Waals surface area contributed by atoms with E-state index in [1.807, 2.05) is 0 Å². The SMILES string of the molecule is O=C(CN1C(=O)COc2ccccc21)Nc1nc(-c2ccccc2OC(F)F)cs1. The van der Waals surface area contributed by atoms with E-state index in [4.69, 9.17) is 4.74 Å².